The Morgan fingerprint density at radius 2 is 2.20 bits per heavy atom. The standard InChI is InChI=1S/C15H21ClN2O2/c16-13-3-5-14(6-4-13)20-11-15(19)18-9-7-12-2-1-8-17-10-12/h3-6,12,17H,1-2,7-11H2,(H,18,19). The van der Waals surface area contributed by atoms with Crippen LogP contribution in [-0.4, -0.2) is 32.1 Å². The van der Waals surface area contributed by atoms with Gasteiger partial charge in [-0.1, -0.05) is 11.6 Å². The summed E-state index contributed by atoms with van der Waals surface area (Å²) >= 11 is 5.78. The van der Waals surface area contributed by atoms with Crippen LogP contribution in [0.25, 0.3) is 0 Å². The van der Waals surface area contributed by atoms with Gasteiger partial charge in [0.2, 0.25) is 0 Å². The third-order valence-corrected chi connectivity index (χ3v) is 3.71. The quantitative estimate of drug-likeness (QED) is 0.846. The van der Waals surface area contributed by atoms with E-state index in [1.54, 1.807) is 24.3 Å². The molecule has 1 aromatic rings. The summed E-state index contributed by atoms with van der Waals surface area (Å²) < 4.78 is 5.38. The average molecular weight is 297 g/mol. The summed E-state index contributed by atoms with van der Waals surface area (Å²) in [6.07, 6.45) is 3.52. The molecule has 1 saturated heterocycles. The number of amides is 1. The van der Waals surface area contributed by atoms with Crippen molar-refractivity contribution in [3.8, 4) is 5.75 Å². The summed E-state index contributed by atoms with van der Waals surface area (Å²) in [7, 11) is 0. The fourth-order valence-corrected chi connectivity index (χ4v) is 2.44. The second kappa shape index (κ2) is 8.12. The molecule has 4 nitrogen and oxygen atoms in total. The van der Waals surface area contributed by atoms with E-state index in [1.165, 1.54) is 12.8 Å². The highest BCUT2D eigenvalue weighted by Gasteiger charge is 2.12. The lowest BCUT2D eigenvalue weighted by atomic mass is 9.96. The topological polar surface area (TPSA) is 50.4 Å². The number of hydrogen-bond acceptors (Lipinski definition) is 3. The van der Waals surface area contributed by atoms with Gasteiger partial charge in [0.05, 0.1) is 0 Å². The van der Waals surface area contributed by atoms with Crippen molar-refractivity contribution < 1.29 is 9.53 Å². The molecule has 1 aliphatic rings. The van der Waals surface area contributed by atoms with Crippen molar-refractivity contribution in [1.29, 1.82) is 0 Å². The highest BCUT2D eigenvalue weighted by atomic mass is 35.5. The molecule has 1 fully saturated rings. The van der Waals surface area contributed by atoms with Crippen molar-refractivity contribution in [2.24, 2.45) is 5.92 Å². The van der Waals surface area contributed by atoms with E-state index in [2.05, 4.69) is 10.6 Å². The maximum atomic E-state index is 11.6. The van der Waals surface area contributed by atoms with Crippen LogP contribution in [0.5, 0.6) is 5.75 Å². The third-order valence-electron chi connectivity index (χ3n) is 3.46. The minimum Gasteiger partial charge on any atom is -0.484 e. The Balaban J connectivity index is 1.59. The number of nitrogens with one attached hydrogen (secondary N) is 2. The molecule has 0 aromatic heterocycles. The Morgan fingerprint density at radius 3 is 2.90 bits per heavy atom. The Morgan fingerprint density at radius 1 is 1.40 bits per heavy atom. The molecule has 0 spiro atoms. The first kappa shape index (κ1) is 15.1. The highest BCUT2D eigenvalue weighted by molar-refractivity contribution is 6.30. The summed E-state index contributed by atoms with van der Waals surface area (Å²) in [5.74, 6) is 1.26. The first-order valence-electron chi connectivity index (χ1n) is 7.10. The van der Waals surface area contributed by atoms with E-state index in [0.29, 0.717) is 16.7 Å². The third kappa shape index (κ3) is 5.39. The van der Waals surface area contributed by atoms with Gasteiger partial charge in [-0.15, -0.1) is 0 Å². The molecular weight excluding hydrogens is 276 g/mol. The molecule has 20 heavy (non-hydrogen) atoms. The van der Waals surface area contributed by atoms with Crippen LogP contribution in [0.1, 0.15) is 19.3 Å². The minimum atomic E-state index is -0.0799. The summed E-state index contributed by atoms with van der Waals surface area (Å²) in [5, 5.41) is 6.93. The van der Waals surface area contributed by atoms with Gasteiger partial charge in [-0.05, 0) is 62.5 Å². The van der Waals surface area contributed by atoms with Gasteiger partial charge in [0.25, 0.3) is 5.91 Å². The molecule has 0 saturated carbocycles. The molecular formula is C15H21ClN2O2. The lowest BCUT2D eigenvalue weighted by Gasteiger charge is -2.22. The largest absolute Gasteiger partial charge is 0.484 e. The van der Waals surface area contributed by atoms with Gasteiger partial charge in [0.15, 0.2) is 6.61 Å². The molecule has 1 aliphatic heterocycles. The predicted molar refractivity (Wildman–Crippen MR) is 80.2 cm³/mol. The monoisotopic (exact) mass is 296 g/mol. The number of hydrogen-bond donors (Lipinski definition) is 2. The van der Waals surface area contributed by atoms with Crippen LogP contribution in [0, 0.1) is 5.92 Å². The van der Waals surface area contributed by atoms with Gasteiger partial charge in [-0.2, -0.15) is 0 Å². The van der Waals surface area contributed by atoms with Gasteiger partial charge in [0.1, 0.15) is 5.75 Å². The lowest BCUT2D eigenvalue weighted by Crippen LogP contribution is -2.34. The number of ether oxygens (including phenoxy) is 1. The van der Waals surface area contributed by atoms with E-state index in [4.69, 9.17) is 16.3 Å². The molecule has 110 valence electrons. The Kier molecular flexibility index (Phi) is 6.15. The Bertz CT molecular complexity index is 416. The van der Waals surface area contributed by atoms with E-state index < -0.39 is 0 Å². The van der Waals surface area contributed by atoms with E-state index in [1.807, 2.05) is 0 Å². The normalized spacial score (nSPS) is 18.6. The molecule has 0 bridgehead atoms. The molecule has 1 atom stereocenters. The summed E-state index contributed by atoms with van der Waals surface area (Å²) in [6, 6.07) is 6.99. The zero-order chi connectivity index (χ0) is 14.2. The van der Waals surface area contributed by atoms with Gasteiger partial charge in [0, 0.05) is 11.6 Å². The van der Waals surface area contributed by atoms with Gasteiger partial charge in [-0.3, -0.25) is 4.79 Å². The number of rotatable bonds is 6. The predicted octanol–water partition coefficient (Wildman–Crippen LogP) is 2.22. The van der Waals surface area contributed by atoms with Gasteiger partial charge in [-0.25, -0.2) is 0 Å². The van der Waals surface area contributed by atoms with Crippen LogP contribution >= 0.6 is 11.6 Å². The van der Waals surface area contributed by atoms with Crippen molar-refractivity contribution in [2.75, 3.05) is 26.2 Å². The number of halogens is 1. The van der Waals surface area contributed by atoms with Crippen molar-refractivity contribution in [1.82, 2.24) is 10.6 Å². The first-order chi connectivity index (χ1) is 9.74. The van der Waals surface area contributed by atoms with E-state index in [-0.39, 0.29) is 12.5 Å². The van der Waals surface area contributed by atoms with Crippen molar-refractivity contribution >= 4 is 17.5 Å². The number of piperidine rings is 1. The summed E-state index contributed by atoms with van der Waals surface area (Å²) in [4.78, 5) is 11.6. The lowest BCUT2D eigenvalue weighted by molar-refractivity contribution is -0.123. The average Bonchev–Trinajstić information content (AvgIpc) is 2.48. The van der Waals surface area contributed by atoms with Crippen LogP contribution < -0.4 is 15.4 Å². The molecule has 1 amide bonds. The second-order valence-electron chi connectivity index (χ2n) is 5.09. The number of carbonyl (C=O) groups is 1. The van der Waals surface area contributed by atoms with Crippen LogP contribution in [0.15, 0.2) is 24.3 Å². The zero-order valence-corrected chi connectivity index (χ0v) is 12.3. The van der Waals surface area contributed by atoms with E-state index in [9.17, 15) is 4.79 Å². The smallest absolute Gasteiger partial charge is 0.257 e. The Labute approximate surface area is 124 Å². The van der Waals surface area contributed by atoms with Crippen LogP contribution in [-0.2, 0) is 4.79 Å². The number of carbonyl (C=O) groups excluding carboxylic acids is 1. The van der Waals surface area contributed by atoms with Gasteiger partial charge < -0.3 is 15.4 Å². The highest BCUT2D eigenvalue weighted by Crippen LogP contribution is 2.15. The van der Waals surface area contributed by atoms with Crippen LogP contribution in [0.2, 0.25) is 5.02 Å². The first-order valence-corrected chi connectivity index (χ1v) is 7.47. The second-order valence-corrected chi connectivity index (χ2v) is 5.53. The minimum absolute atomic E-state index is 0.0462. The summed E-state index contributed by atoms with van der Waals surface area (Å²) in [5.41, 5.74) is 0. The molecule has 0 radical (unpaired) electrons. The van der Waals surface area contributed by atoms with Crippen molar-refractivity contribution in [2.45, 2.75) is 19.3 Å². The van der Waals surface area contributed by atoms with Gasteiger partial charge >= 0.3 is 0 Å². The molecule has 2 N–H and O–H groups in total. The molecule has 1 heterocycles. The van der Waals surface area contributed by atoms with Crippen LogP contribution in [0.3, 0.4) is 0 Å². The SMILES string of the molecule is O=C(COc1ccc(Cl)cc1)NCCC1CCCNC1. The maximum absolute atomic E-state index is 11.6. The zero-order valence-electron chi connectivity index (χ0n) is 11.5. The van der Waals surface area contributed by atoms with Crippen LogP contribution in [0.4, 0.5) is 0 Å². The number of benzene rings is 1. The van der Waals surface area contributed by atoms with E-state index >= 15 is 0 Å². The van der Waals surface area contributed by atoms with Crippen molar-refractivity contribution in [3.05, 3.63) is 29.3 Å². The molecule has 2 rings (SSSR count). The molecule has 0 aliphatic carbocycles. The summed E-state index contributed by atoms with van der Waals surface area (Å²) in [6.45, 7) is 2.95. The maximum Gasteiger partial charge on any atom is 0.257 e. The fraction of sp³-hybridized carbons (Fsp3) is 0.533. The molecule has 1 aromatic carbocycles. The van der Waals surface area contributed by atoms with E-state index in [0.717, 1.165) is 26.1 Å². The van der Waals surface area contributed by atoms with Crippen molar-refractivity contribution in [3.63, 3.8) is 0 Å². The molecule has 5 heteroatoms. The fourth-order valence-electron chi connectivity index (χ4n) is 2.32. The molecule has 1 unspecified atom stereocenters. The Hall–Kier alpha value is -1.26.